The number of aromatic hydroxyl groups is 2. The van der Waals surface area contributed by atoms with Crippen LogP contribution in [0.1, 0.15) is 11.4 Å². The molecule has 2 aromatic rings. The van der Waals surface area contributed by atoms with E-state index in [4.69, 9.17) is 0 Å². The number of aromatic nitrogens is 2. The summed E-state index contributed by atoms with van der Waals surface area (Å²) in [5.74, 6) is 1.01. The van der Waals surface area contributed by atoms with Crippen LogP contribution in [0.5, 0.6) is 11.5 Å². The fourth-order valence-electron chi connectivity index (χ4n) is 1.55. The number of hydrogen-bond donors (Lipinski definition) is 4. The Balaban J connectivity index is 1.77. The van der Waals surface area contributed by atoms with E-state index in [1.807, 2.05) is 0 Å². The summed E-state index contributed by atoms with van der Waals surface area (Å²) in [6.07, 6.45) is 2.64. The number of hydrazone groups is 2. The number of nitrogens with zero attached hydrogens (tertiary/aromatic N) is 4. The quantitative estimate of drug-likeness (QED) is 0.615. The lowest BCUT2D eigenvalue weighted by molar-refractivity contribution is 0.472. The second kappa shape index (κ2) is 4.84. The van der Waals surface area contributed by atoms with Crippen molar-refractivity contribution in [2.75, 3.05) is 0 Å². The third-order valence-electron chi connectivity index (χ3n) is 2.53. The molecule has 0 saturated carbocycles. The molecule has 0 radical (unpaired) electrons. The van der Waals surface area contributed by atoms with E-state index in [2.05, 4.69) is 31.0 Å². The molecule has 2 aromatic heterocycles. The molecule has 0 fully saturated rings. The van der Waals surface area contributed by atoms with Crippen LogP contribution in [-0.4, -0.2) is 31.9 Å². The van der Waals surface area contributed by atoms with E-state index in [1.165, 1.54) is 24.5 Å². The highest BCUT2D eigenvalue weighted by Gasteiger charge is 2.13. The first-order valence-corrected chi connectivity index (χ1v) is 5.70. The largest absolute Gasteiger partial charge is 0.506 e. The third-order valence-corrected chi connectivity index (χ3v) is 2.53. The summed E-state index contributed by atoms with van der Waals surface area (Å²) in [5, 5.41) is 26.5. The summed E-state index contributed by atoms with van der Waals surface area (Å²) in [5.41, 5.74) is 6.57. The van der Waals surface area contributed by atoms with Gasteiger partial charge in [-0.3, -0.25) is 10.9 Å². The maximum atomic E-state index is 9.17. The van der Waals surface area contributed by atoms with Gasteiger partial charge in [-0.15, -0.1) is 0 Å². The van der Waals surface area contributed by atoms with Gasteiger partial charge >= 0.3 is 0 Å². The first kappa shape index (κ1) is 11.9. The standard InChI is InChI=1S/C12H10N6O2/c19-7-1-3-9(13-5-7)11-15-17-12(18-16-11)10-4-2-8(20)6-14-10/h1-6,19-20H,(H,15,16)(H,17,18). The average molecular weight is 270 g/mol. The number of pyridine rings is 2. The Morgan fingerprint density at radius 2 is 1.15 bits per heavy atom. The van der Waals surface area contributed by atoms with Crippen LogP contribution in [0.15, 0.2) is 46.9 Å². The lowest BCUT2D eigenvalue weighted by atomic mass is 10.3. The van der Waals surface area contributed by atoms with Gasteiger partial charge in [0.2, 0.25) is 0 Å². The molecule has 0 bridgehead atoms. The second-order valence-electron chi connectivity index (χ2n) is 3.95. The highest BCUT2D eigenvalue weighted by molar-refractivity contribution is 6.04. The first-order valence-electron chi connectivity index (χ1n) is 5.70. The monoisotopic (exact) mass is 270 g/mol. The topological polar surface area (TPSA) is 115 Å². The van der Waals surface area contributed by atoms with Crippen molar-refractivity contribution >= 4 is 11.7 Å². The average Bonchev–Trinajstić information content (AvgIpc) is 2.49. The molecule has 1 aliphatic heterocycles. The van der Waals surface area contributed by atoms with E-state index in [-0.39, 0.29) is 11.5 Å². The smallest absolute Gasteiger partial charge is 0.192 e. The molecule has 3 heterocycles. The molecule has 0 atom stereocenters. The predicted octanol–water partition coefficient (Wildman–Crippen LogP) is 0.104. The fourth-order valence-corrected chi connectivity index (χ4v) is 1.55. The lowest BCUT2D eigenvalue weighted by Crippen LogP contribution is -2.35. The molecule has 8 heteroatoms. The minimum absolute atomic E-state index is 0.0793. The fraction of sp³-hybridized carbons (Fsp3) is 0. The molecule has 0 unspecified atom stereocenters. The van der Waals surface area contributed by atoms with Gasteiger partial charge in [0.25, 0.3) is 0 Å². The van der Waals surface area contributed by atoms with Gasteiger partial charge in [0.15, 0.2) is 11.7 Å². The van der Waals surface area contributed by atoms with Crippen molar-refractivity contribution in [3.05, 3.63) is 48.0 Å². The van der Waals surface area contributed by atoms with Crippen LogP contribution in [0.25, 0.3) is 0 Å². The van der Waals surface area contributed by atoms with Gasteiger partial charge in [-0.25, -0.2) is 9.97 Å². The number of rotatable bonds is 2. The molecular formula is C12H10N6O2. The van der Waals surface area contributed by atoms with Crippen LogP contribution in [-0.2, 0) is 0 Å². The molecule has 20 heavy (non-hydrogen) atoms. The van der Waals surface area contributed by atoms with Gasteiger partial charge in [0.05, 0.1) is 12.4 Å². The van der Waals surface area contributed by atoms with Crippen LogP contribution in [0.2, 0.25) is 0 Å². The summed E-state index contributed by atoms with van der Waals surface area (Å²) in [4.78, 5) is 8.02. The molecule has 0 amide bonds. The third kappa shape index (κ3) is 2.34. The molecular weight excluding hydrogens is 260 g/mol. The minimum Gasteiger partial charge on any atom is -0.506 e. The zero-order valence-corrected chi connectivity index (χ0v) is 10.1. The van der Waals surface area contributed by atoms with Crippen LogP contribution in [0.3, 0.4) is 0 Å². The maximum Gasteiger partial charge on any atom is 0.192 e. The molecule has 4 N–H and O–H groups in total. The van der Waals surface area contributed by atoms with Crippen molar-refractivity contribution in [1.29, 1.82) is 0 Å². The van der Waals surface area contributed by atoms with Crippen molar-refractivity contribution in [2.24, 2.45) is 10.2 Å². The lowest BCUT2D eigenvalue weighted by Gasteiger charge is -2.13. The Morgan fingerprint density at radius 3 is 1.45 bits per heavy atom. The molecule has 0 spiro atoms. The number of hydrogen-bond acceptors (Lipinski definition) is 8. The van der Waals surface area contributed by atoms with Gasteiger partial charge in [-0.2, -0.15) is 10.2 Å². The molecule has 8 nitrogen and oxygen atoms in total. The van der Waals surface area contributed by atoms with Gasteiger partial charge in [0.1, 0.15) is 22.9 Å². The van der Waals surface area contributed by atoms with Gasteiger partial charge in [0, 0.05) is 0 Å². The molecule has 0 aromatic carbocycles. The van der Waals surface area contributed by atoms with Crippen LogP contribution >= 0.6 is 0 Å². The summed E-state index contributed by atoms with van der Waals surface area (Å²) in [7, 11) is 0. The van der Waals surface area contributed by atoms with Gasteiger partial charge in [-0.05, 0) is 24.3 Å². The maximum absolute atomic E-state index is 9.17. The summed E-state index contributed by atoms with van der Waals surface area (Å²) in [6.45, 7) is 0. The van der Waals surface area contributed by atoms with E-state index < -0.39 is 0 Å². The Morgan fingerprint density at radius 1 is 0.700 bits per heavy atom. The summed E-state index contributed by atoms with van der Waals surface area (Å²) >= 11 is 0. The molecule has 0 saturated heterocycles. The normalized spacial score (nSPS) is 13.8. The molecule has 3 rings (SSSR count). The van der Waals surface area contributed by atoms with Crippen molar-refractivity contribution in [3.63, 3.8) is 0 Å². The Hall–Kier alpha value is -3.16. The Kier molecular flexibility index (Phi) is 2.88. The van der Waals surface area contributed by atoms with Crippen LogP contribution < -0.4 is 10.9 Å². The van der Waals surface area contributed by atoms with Crippen molar-refractivity contribution < 1.29 is 10.2 Å². The van der Waals surface area contributed by atoms with Crippen molar-refractivity contribution in [1.82, 2.24) is 20.8 Å². The predicted molar refractivity (Wildman–Crippen MR) is 71.1 cm³/mol. The Bertz CT molecular complexity index is 617. The van der Waals surface area contributed by atoms with Gasteiger partial charge in [-0.1, -0.05) is 0 Å². The Labute approximate surface area is 113 Å². The number of nitrogens with one attached hydrogen (secondary N) is 2. The van der Waals surface area contributed by atoms with E-state index in [0.29, 0.717) is 23.1 Å². The summed E-state index contributed by atoms with van der Waals surface area (Å²) < 4.78 is 0. The minimum atomic E-state index is 0.0793. The van der Waals surface area contributed by atoms with Crippen LogP contribution in [0.4, 0.5) is 0 Å². The van der Waals surface area contributed by atoms with Gasteiger partial charge < -0.3 is 10.2 Å². The SMILES string of the molecule is Oc1ccc(C2=NNC(c3ccc(O)cn3)=NN2)nc1. The van der Waals surface area contributed by atoms with Crippen molar-refractivity contribution in [2.45, 2.75) is 0 Å². The van der Waals surface area contributed by atoms with E-state index in [0.717, 1.165) is 0 Å². The highest BCUT2D eigenvalue weighted by Crippen LogP contribution is 2.09. The van der Waals surface area contributed by atoms with E-state index >= 15 is 0 Å². The number of amidine groups is 2. The molecule has 100 valence electrons. The summed E-state index contributed by atoms with van der Waals surface area (Å²) in [6, 6.07) is 6.24. The van der Waals surface area contributed by atoms with E-state index in [9.17, 15) is 10.2 Å². The highest BCUT2D eigenvalue weighted by atomic mass is 16.3. The zero-order valence-electron chi connectivity index (χ0n) is 10.1. The zero-order chi connectivity index (χ0) is 13.9. The molecule has 1 aliphatic rings. The van der Waals surface area contributed by atoms with E-state index in [1.54, 1.807) is 12.1 Å². The van der Waals surface area contributed by atoms with Crippen LogP contribution in [0, 0.1) is 0 Å². The second-order valence-corrected chi connectivity index (χ2v) is 3.95. The molecule has 0 aliphatic carbocycles. The first-order chi connectivity index (χ1) is 9.72. The van der Waals surface area contributed by atoms with Crippen molar-refractivity contribution in [3.8, 4) is 11.5 Å².